The van der Waals surface area contributed by atoms with E-state index in [4.69, 9.17) is 11.6 Å². The van der Waals surface area contributed by atoms with Crippen molar-refractivity contribution in [1.29, 1.82) is 0 Å². The molecule has 0 radical (unpaired) electrons. The SMILES string of the molecule is CCc1ccccc1NC(=O)CN1CCN(Cc2cc3ccccc3nc2Cl)CC1. The van der Waals surface area contributed by atoms with E-state index in [0.717, 1.165) is 66.9 Å². The zero-order valence-electron chi connectivity index (χ0n) is 17.3. The van der Waals surface area contributed by atoms with E-state index in [-0.39, 0.29) is 5.91 Å². The van der Waals surface area contributed by atoms with E-state index < -0.39 is 0 Å². The second-order valence-corrected chi connectivity index (χ2v) is 8.10. The van der Waals surface area contributed by atoms with Gasteiger partial charge in [-0.1, -0.05) is 54.9 Å². The maximum Gasteiger partial charge on any atom is 0.238 e. The quantitative estimate of drug-likeness (QED) is 0.604. The van der Waals surface area contributed by atoms with Gasteiger partial charge in [-0.05, 0) is 30.2 Å². The number of aromatic nitrogens is 1. The van der Waals surface area contributed by atoms with E-state index in [2.05, 4.69) is 45.2 Å². The first-order chi connectivity index (χ1) is 14.6. The average molecular weight is 423 g/mol. The fourth-order valence-corrected chi connectivity index (χ4v) is 4.14. The molecule has 2 aromatic carbocycles. The number of hydrogen-bond donors (Lipinski definition) is 1. The lowest BCUT2D eigenvalue weighted by atomic mass is 10.1. The van der Waals surface area contributed by atoms with Crippen molar-refractivity contribution in [2.45, 2.75) is 19.9 Å². The highest BCUT2D eigenvalue weighted by Gasteiger charge is 2.20. The first-order valence-corrected chi connectivity index (χ1v) is 10.9. The van der Waals surface area contributed by atoms with Crippen LogP contribution >= 0.6 is 11.6 Å². The van der Waals surface area contributed by atoms with E-state index in [9.17, 15) is 4.79 Å². The number of nitrogens with zero attached hydrogens (tertiary/aromatic N) is 3. The molecule has 1 aliphatic rings. The Bertz CT molecular complexity index is 1030. The molecule has 30 heavy (non-hydrogen) atoms. The van der Waals surface area contributed by atoms with Crippen LogP contribution in [0.15, 0.2) is 54.6 Å². The molecule has 1 amide bonds. The van der Waals surface area contributed by atoms with Crippen molar-refractivity contribution in [1.82, 2.24) is 14.8 Å². The molecular formula is C24H27ClN4O. The molecule has 0 atom stereocenters. The van der Waals surface area contributed by atoms with Gasteiger partial charge in [-0.15, -0.1) is 0 Å². The molecule has 4 rings (SSSR count). The Morgan fingerprint density at radius 1 is 1.00 bits per heavy atom. The maximum atomic E-state index is 12.5. The van der Waals surface area contributed by atoms with Crippen LogP contribution in [0.4, 0.5) is 5.69 Å². The van der Waals surface area contributed by atoms with Crippen LogP contribution in [0.3, 0.4) is 0 Å². The van der Waals surface area contributed by atoms with Gasteiger partial charge in [-0.25, -0.2) is 4.98 Å². The molecule has 5 nitrogen and oxygen atoms in total. The summed E-state index contributed by atoms with van der Waals surface area (Å²) >= 11 is 6.42. The van der Waals surface area contributed by atoms with Crippen LogP contribution in [0.25, 0.3) is 10.9 Å². The van der Waals surface area contributed by atoms with Crippen molar-refractivity contribution in [3.8, 4) is 0 Å². The smallest absolute Gasteiger partial charge is 0.238 e. The number of anilines is 1. The molecule has 1 aromatic heterocycles. The first kappa shape index (κ1) is 20.8. The lowest BCUT2D eigenvalue weighted by molar-refractivity contribution is -0.117. The van der Waals surface area contributed by atoms with Crippen LogP contribution in [0, 0.1) is 0 Å². The van der Waals surface area contributed by atoms with Crippen LogP contribution in [0.5, 0.6) is 0 Å². The molecule has 0 saturated carbocycles. The van der Waals surface area contributed by atoms with Crippen LogP contribution in [0.2, 0.25) is 5.15 Å². The number of benzene rings is 2. The molecule has 2 heterocycles. The number of carbonyl (C=O) groups is 1. The fourth-order valence-electron chi connectivity index (χ4n) is 3.94. The highest BCUT2D eigenvalue weighted by molar-refractivity contribution is 6.30. The number of piperazine rings is 1. The van der Waals surface area contributed by atoms with Crippen molar-refractivity contribution in [3.05, 3.63) is 70.9 Å². The predicted octanol–water partition coefficient (Wildman–Crippen LogP) is 4.21. The lowest BCUT2D eigenvalue weighted by Crippen LogP contribution is -2.48. The molecule has 0 aliphatic carbocycles. The zero-order chi connectivity index (χ0) is 20.9. The second kappa shape index (κ2) is 9.56. The van der Waals surface area contributed by atoms with Gasteiger partial charge in [0.25, 0.3) is 0 Å². The summed E-state index contributed by atoms with van der Waals surface area (Å²) in [6, 6.07) is 18.2. The van der Waals surface area contributed by atoms with Gasteiger partial charge in [-0.3, -0.25) is 14.6 Å². The third kappa shape index (κ3) is 4.98. The summed E-state index contributed by atoms with van der Waals surface area (Å²) in [6.45, 7) is 6.83. The Morgan fingerprint density at radius 2 is 1.70 bits per heavy atom. The van der Waals surface area contributed by atoms with Gasteiger partial charge in [0.2, 0.25) is 5.91 Å². The molecule has 6 heteroatoms. The van der Waals surface area contributed by atoms with Crippen molar-refractivity contribution in [2.24, 2.45) is 0 Å². The largest absolute Gasteiger partial charge is 0.325 e. The van der Waals surface area contributed by atoms with E-state index in [1.807, 2.05) is 36.4 Å². The third-order valence-corrected chi connectivity index (χ3v) is 5.98. The Hall–Kier alpha value is -2.47. The molecule has 1 aliphatic heterocycles. The second-order valence-electron chi connectivity index (χ2n) is 7.74. The van der Waals surface area contributed by atoms with Crippen LogP contribution in [-0.4, -0.2) is 53.4 Å². The molecule has 1 fully saturated rings. The standard InChI is InChI=1S/C24H27ClN4O/c1-2-18-7-3-5-9-21(18)26-23(30)17-29-13-11-28(12-14-29)16-20-15-19-8-4-6-10-22(19)27-24(20)25/h3-10,15H,2,11-14,16-17H2,1H3,(H,26,30). The van der Waals surface area contributed by atoms with Gasteiger partial charge in [0, 0.05) is 49.4 Å². The number of amides is 1. The van der Waals surface area contributed by atoms with Gasteiger partial charge in [0.05, 0.1) is 12.1 Å². The number of fused-ring (bicyclic) bond motifs is 1. The van der Waals surface area contributed by atoms with E-state index >= 15 is 0 Å². The molecule has 156 valence electrons. The van der Waals surface area contributed by atoms with Crippen LogP contribution in [-0.2, 0) is 17.8 Å². The van der Waals surface area contributed by atoms with Crippen LogP contribution in [0.1, 0.15) is 18.1 Å². The molecule has 0 unspecified atom stereocenters. The van der Waals surface area contributed by atoms with Gasteiger partial charge in [0.15, 0.2) is 0 Å². The monoisotopic (exact) mass is 422 g/mol. The Kier molecular flexibility index (Phi) is 6.62. The van der Waals surface area contributed by atoms with Gasteiger partial charge >= 0.3 is 0 Å². The number of rotatable bonds is 6. The normalized spacial score (nSPS) is 15.4. The molecule has 1 N–H and O–H groups in total. The minimum Gasteiger partial charge on any atom is -0.325 e. The minimum atomic E-state index is 0.0473. The average Bonchev–Trinajstić information content (AvgIpc) is 2.76. The summed E-state index contributed by atoms with van der Waals surface area (Å²) in [4.78, 5) is 21.6. The molecule has 1 saturated heterocycles. The number of halogens is 1. The summed E-state index contributed by atoms with van der Waals surface area (Å²) in [6.07, 6.45) is 0.904. The van der Waals surface area contributed by atoms with Crippen molar-refractivity contribution < 1.29 is 4.79 Å². The van der Waals surface area contributed by atoms with Crippen molar-refractivity contribution in [2.75, 3.05) is 38.0 Å². The number of carbonyl (C=O) groups excluding carboxylic acids is 1. The topological polar surface area (TPSA) is 48.5 Å². The number of hydrogen-bond acceptors (Lipinski definition) is 4. The highest BCUT2D eigenvalue weighted by Crippen LogP contribution is 2.22. The summed E-state index contributed by atoms with van der Waals surface area (Å²) in [5.74, 6) is 0.0473. The zero-order valence-corrected chi connectivity index (χ0v) is 18.0. The lowest BCUT2D eigenvalue weighted by Gasteiger charge is -2.34. The predicted molar refractivity (Wildman–Crippen MR) is 123 cm³/mol. The molecule has 3 aromatic rings. The Balaban J connectivity index is 1.30. The van der Waals surface area contributed by atoms with Gasteiger partial charge in [-0.2, -0.15) is 0 Å². The number of para-hydroxylation sites is 2. The van der Waals surface area contributed by atoms with Crippen molar-refractivity contribution >= 4 is 34.1 Å². The third-order valence-electron chi connectivity index (χ3n) is 5.65. The Morgan fingerprint density at radius 3 is 2.50 bits per heavy atom. The van der Waals surface area contributed by atoms with E-state index in [1.54, 1.807) is 0 Å². The molecular weight excluding hydrogens is 396 g/mol. The summed E-state index contributed by atoms with van der Waals surface area (Å²) in [7, 11) is 0. The Labute approximate surface area is 182 Å². The number of nitrogens with one attached hydrogen (secondary N) is 1. The summed E-state index contributed by atoms with van der Waals surface area (Å²) in [5.41, 5.74) is 4.06. The van der Waals surface area contributed by atoms with Gasteiger partial charge in [0.1, 0.15) is 5.15 Å². The highest BCUT2D eigenvalue weighted by atomic mass is 35.5. The number of pyridine rings is 1. The minimum absolute atomic E-state index is 0.0473. The molecule has 0 spiro atoms. The maximum absolute atomic E-state index is 12.5. The van der Waals surface area contributed by atoms with E-state index in [1.165, 1.54) is 0 Å². The first-order valence-electron chi connectivity index (χ1n) is 10.5. The van der Waals surface area contributed by atoms with E-state index in [0.29, 0.717) is 11.7 Å². The molecule has 0 bridgehead atoms. The summed E-state index contributed by atoms with van der Waals surface area (Å²) < 4.78 is 0. The fraction of sp³-hybridized carbons (Fsp3) is 0.333. The van der Waals surface area contributed by atoms with Crippen LogP contribution < -0.4 is 5.32 Å². The number of aryl methyl sites for hydroxylation is 1. The van der Waals surface area contributed by atoms with Crippen molar-refractivity contribution in [3.63, 3.8) is 0 Å². The van der Waals surface area contributed by atoms with Gasteiger partial charge < -0.3 is 5.32 Å². The summed E-state index contributed by atoms with van der Waals surface area (Å²) in [5, 5.41) is 4.75.